The van der Waals surface area contributed by atoms with Gasteiger partial charge in [0.1, 0.15) is 9.84 Å². The topological polar surface area (TPSA) is 122 Å². The molecule has 1 aliphatic rings. The van der Waals surface area contributed by atoms with Crippen molar-refractivity contribution in [2.24, 2.45) is 0 Å². The lowest BCUT2D eigenvalue weighted by atomic mass is 9.91. The van der Waals surface area contributed by atoms with E-state index in [9.17, 15) is 18.3 Å². The Morgan fingerprint density at radius 1 is 1.16 bits per heavy atom. The quantitative estimate of drug-likeness (QED) is 0.358. The fourth-order valence-electron chi connectivity index (χ4n) is 4.79. The van der Waals surface area contributed by atoms with Crippen molar-refractivity contribution in [3.05, 3.63) is 41.7 Å². The van der Waals surface area contributed by atoms with Gasteiger partial charge in [-0.25, -0.2) is 18.4 Å². The van der Waals surface area contributed by atoms with Gasteiger partial charge in [-0.3, -0.25) is 4.79 Å². The molecule has 2 aromatic rings. The standard InChI is InChI=1S/C27H40N4O5S/c1-4-11-31(24-9-13-37(34,35)14-10-24)25-8-7-21(20(6-3)16-26(32)33)15-22(25)17-28-23-18-29-27(30-19-23)36-12-5-2/h7-8,15,18-20,24,28H,4-6,9-14,16-17H2,1-3H3,(H,32,33). The van der Waals surface area contributed by atoms with E-state index in [1.54, 1.807) is 12.4 Å². The monoisotopic (exact) mass is 532 g/mol. The Kier molecular flexibility index (Phi) is 10.5. The van der Waals surface area contributed by atoms with Crippen LogP contribution in [-0.2, 0) is 21.2 Å². The molecule has 0 saturated carbocycles. The first-order chi connectivity index (χ1) is 17.8. The van der Waals surface area contributed by atoms with Gasteiger partial charge in [-0.2, -0.15) is 0 Å². The molecule has 1 atom stereocenters. The normalized spacial score (nSPS) is 16.2. The number of carbonyl (C=O) groups is 1. The molecule has 1 fully saturated rings. The van der Waals surface area contributed by atoms with Gasteiger partial charge in [0.25, 0.3) is 0 Å². The van der Waals surface area contributed by atoms with E-state index >= 15 is 0 Å². The van der Waals surface area contributed by atoms with E-state index in [-0.39, 0.29) is 29.9 Å². The SMILES string of the molecule is CCCOc1ncc(NCc2cc(C(CC)CC(=O)O)ccc2N(CCC)C2CCS(=O)(=O)CC2)cn1. The molecule has 0 aliphatic carbocycles. The lowest BCUT2D eigenvalue weighted by Gasteiger charge is -2.37. The molecule has 1 aromatic heterocycles. The minimum Gasteiger partial charge on any atom is -0.481 e. The zero-order valence-corrected chi connectivity index (χ0v) is 23.0. The number of carboxylic acids is 1. The van der Waals surface area contributed by atoms with Gasteiger partial charge in [-0.1, -0.05) is 32.9 Å². The molecule has 1 saturated heterocycles. The lowest BCUT2D eigenvalue weighted by Crippen LogP contribution is -2.42. The Morgan fingerprint density at radius 3 is 2.46 bits per heavy atom. The number of aliphatic carboxylic acids is 1. The predicted molar refractivity (Wildman–Crippen MR) is 146 cm³/mol. The summed E-state index contributed by atoms with van der Waals surface area (Å²) in [5.41, 5.74) is 3.84. The first-order valence-corrected chi connectivity index (χ1v) is 15.1. The molecule has 0 spiro atoms. The summed E-state index contributed by atoms with van der Waals surface area (Å²) in [6.45, 7) is 8.03. The maximum Gasteiger partial charge on any atom is 0.316 e. The number of carboxylic acid groups (broad SMARTS) is 1. The van der Waals surface area contributed by atoms with Gasteiger partial charge in [0.05, 0.1) is 42.6 Å². The van der Waals surface area contributed by atoms with Crippen LogP contribution in [0, 0.1) is 0 Å². The number of anilines is 2. The Bertz CT molecular complexity index is 1110. The van der Waals surface area contributed by atoms with E-state index in [4.69, 9.17) is 4.74 Å². The first kappa shape index (κ1) is 28.7. The number of rotatable bonds is 14. The molecule has 2 N–H and O–H groups in total. The van der Waals surface area contributed by atoms with Crippen LogP contribution >= 0.6 is 0 Å². The highest BCUT2D eigenvalue weighted by Crippen LogP contribution is 2.33. The van der Waals surface area contributed by atoms with Gasteiger partial charge in [-0.05, 0) is 55.2 Å². The Morgan fingerprint density at radius 2 is 1.86 bits per heavy atom. The number of aromatic nitrogens is 2. The van der Waals surface area contributed by atoms with Crippen molar-refractivity contribution in [2.75, 3.05) is 34.9 Å². The highest BCUT2D eigenvalue weighted by atomic mass is 32.2. The molecule has 3 rings (SSSR count). The van der Waals surface area contributed by atoms with Crippen LogP contribution in [0.3, 0.4) is 0 Å². The highest BCUT2D eigenvalue weighted by Gasteiger charge is 2.29. The molecular formula is C27H40N4O5S. The Balaban J connectivity index is 1.90. The fourth-order valence-corrected chi connectivity index (χ4v) is 6.26. The third-order valence-corrected chi connectivity index (χ3v) is 8.49. The molecule has 1 aliphatic heterocycles. The summed E-state index contributed by atoms with van der Waals surface area (Å²) >= 11 is 0. The molecule has 2 heterocycles. The van der Waals surface area contributed by atoms with Crippen molar-refractivity contribution >= 4 is 27.2 Å². The number of sulfone groups is 1. The predicted octanol–water partition coefficient (Wildman–Crippen LogP) is 4.64. The molecule has 37 heavy (non-hydrogen) atoms. The van der Waals surface area contributed by atoms with Crippen LogP contribution in [0.4, 0.5) is 11.4 Å². The fraction of sp³-hybridized carbons (Fsp3) is 0.593. The smallest absolute Gasteiger partial charge is 0.316 e. The van der Waals surface area contributed by atoms with Gasteiger partial charge in [0.2, 0.25) is 0 Å². The van der Waals surface area contributed by atoms with Crippen molar-refractivity contribution in [1.29, 1.82) is 0 Å². The van der Waals surface area contributed by atoms with Gasteiger partial charge in [0.15, 0.2) is 0 Å². The van der Waals surface area contributed by atoms with Crippen LogP contribution in [-0.4, -0.2) is 60.2 Å². The zero-order valence-electron chi connectivity index (χ0n) is 22.1. The summed E-state index contributed by atoms with van der Waals surface area (Å²) in [6, 6.07) is 6.69. The molecule has 0 radical (unpaired) electrons. The highest BCUT2D eigenvalue weighted by molar-refractivity contribution is 7.91. The van der Waals surface area contributed by atoms with E-state index in [1.165, 1.54) is 0 Å². The van der Waals surface area contributed by atoms with Crippen LogP contribution in [0.2, 0.25) is 0 Å². The third-order valence-electron chi connectivity index (χ3n) is 6.77. The molecule has 204 valence electrons. The van der Waals surface area contributed by atoms with Crippen LogP contribution in [0.1, 0.15) is 76.3 Å². The zero-order chi connectivity index (χ0) is 26.8. The summed E-state index contributed by atoms with van der Waals surface area (Å²) in [7, 11) is -2.96. The summed E-state index contributed by atoms with van der Waals surface area (Å²) in [5.74, 6) is -0.467. The number of nitrogens with zero attached hydrogens (tertiary/aromatic N) is 3. The maximum atomic E-state index is 12.1. The van der Waals surface area contributed by atoms with E-state index in [1.807, 2.05) is 19.9 Å². The summed E-state index contributed by atoms with van der Waals surface area (Å²) in [5, 5.41) is 12.8. The first-order valence-electron chi connectivity index (χ1n) is 13.3. The number of hydrogen-bond donors (Lipinski definition) is 2. The van der Waals surface area contributed by atoms with Crippen LogP contribution < -0.4 is 15.0 Å². The second-order valence-electron chi connectivity index (χ2n) is 9.62. The number of ether oxygens (including phenoxy) is 1. The summed E-state index contributed by atoms with van der Waals surface area (Å²) in [6.07, 6.45) is 7.22. The second-order valence-corrected chi connectivity index (χ2v) is 11.9. The van der Waals surface area contributed by atoms with E-state index in [2.05, 4.69) is 39.2 Å². The number of benzene rings is 1. The van der Waals surface area contributed by atoms with E-state index in [0.717, 1.165) is 48.3 Å². The van der Waals surface area contributed by atoms with E-state index in [0.29, 0.717) is 32.0 Å². The summed E-state index contributed by atoms with van der Waals surface area (Å²) in [4.78, 5) is 22.3. The van der Waals surface area contributed by atoms with Crippen LogP contribution in [0.5, 0.6) is 6.01 Å². The largest absolute Gasteiger partial charge is 0.481 e. The lowest BCUT2D eigenvalue weighted by molar-refractivity contribution is -0.137. The van der Waals surface area contributed by atoms with Gasteiger partial charge < -0.3 is 20.1 Å². The maximum absolute atomic E-state index is 12.1. The minimum atomic E-state index is -2.96. The number of nitrogens with one attached hydrogen (secondary N) is 1. The minimum absolute atomic E-state index is 0.0783. The Labute approximate surface area is 220 Å². The third kappa shape index (κ3) is 8.31. The van der Waals surface area contributed by atoms with Gasteiger partial charge in [0, 0.05) is 24.8 Å². The van der Waals surface area contributed by atoms with E-state index < -0.39 is 15.8 Å². The second kappa shape index (κ2) is 13.6. The van der Waals surface area contributed by atoms with Crippen LogP contribution in [0.25, 0.3) is 0 Å². The van der Waals surface area contributed by atoms with Crippen molar-refractivity contribution in [3.63, 3.8) is 0 Å². The van der Waals surface area contributed by atoms with Crippen molar-refractivity contribution in [3.8, 4) is 6.01 Å². The molecule has 9 nitrogen and oxygen atoms in total. The molecule has 1 aromatic carbocycles. The molecule has 1 unspecified atom stereocenters. The van der Waals surface area contributed by atoms with Crippen molar-refractivity contribution in [2.45, 2.75) is 77.8 Å². The Hall–Kier alpha value is -2.88. The summed E-state index contributed by atoms with van der Waals surface area (Å²) < 4.78 is 29.6. The number of hydrogen-bond acceptors (Lipinski definition) is 8. The van der Waals surface area contributed by atoms with Gasteiger partial charge in [-0.15, -0.1) is 0 Å². The molecule has 0 bridgehead atoms. The van der Waals surface area contributed by atoms with Gasteiger partial charge >= 0.3 is 12.0 Å². The average Bonchev–Trinajstić information content (AvgIpc) is 2.88. The van der Waals surface area contributed by atoms with Crippen LogP contribution in [0.15, 0.2) is 30.6 Å². The average molecular weight is 533 g/mol. The molecule has 0 amide bonds. The molecular weight excluding hydrogens is 492 g/mol. The van der Waals surface area contributed by atoms with Crippen molar-refractivity contribution < 1.29 is 23.1 Å². The van der Waals surface area contributed by atoms with Crippen molar-refractivity contribution in [1.82, 2.24) is 9.97 Å². The molecule has 10 heteroatoms.